The Balaban J connectivity index is 2.07. The van der Waals surface area contributed by atoms with Gasteiger partial charge in [-0.3, -0.25) is 10.1 Å². The number of anilines is 1. The van der Waals surface area contributed by atoms with E-state index in [4.69, 9.17) is 4.74 Å². The van der Waals surface area contributed by atoms with Crippen LogP contribution in [0.25, 0.3) is 22.0 Å². The molecular formula is C16H15N3O2. The van der Waals surface area contributed by atoms with E-state index in [1.807, 2.05) is 36.4 Å². The monoisotopic (exact) mass is 281 g/mol. The second-order valence-corrected chi connectivity index (χ2v) is 4.72. The molecule has 0 bridgehead atoms. The van der Waals surface area contributed by atoms with Gasteiger partial charge in [0, 0.05) is 12.5 Å². The number of methoxy groups -OCH3 is 1. The van der Waals surface area contributed by atoms with E-state index in [2.05, 4.69) is 15.3 Å². The van der Waals surface area contributed by atoms with Crippen molar-refractivity contribution in [3.05, 3.63) is 42.6 Å². The number of hydrogen-bond acceptors (Lipinski definition) is 3. The molecule has 2 N–H and O–H groups in total. The van der Waals surface area contributed by atoms with E-state index in [-0.39, 0.29) is 5.91 Å². The lowest BCUT2D eigenvalue weighted by Crippen LogP contribution is -2.06. The largest absolute Gasteiger partial charge is 0.497 e. The zero-order valence-electron chi connectivity index (χ0n) is 11.8. The van der Waals surface area contributed by atoms with Crippen molar-refractivity contribution < 1.29 is 9.53 Å². The first kappa shape index (κ1) is 13.2. The summed E-state index contributed by atoms with van der Waals surface area (Å²) in [4.78, 5) is 18.3. The van der Waals surface area contributed by atoms with Crippen molar-refractivity contribution in [3.63, 3.8) is 0 Å². The molecule has 5 heteroatoms. The summed E-state index contributed by atoms with van der Waals surface area (Å²) in [5.41, 5.74) is 1.88. The van der Waals surface area contributed by atoms with Crippen LogP contribution >= 0.6 is 0 Å². The number of amides is 1. The molecule has 0 atom stereocenters. The van der Waals surface area contributed by atoms with Gasteiger partial charge in [0.1, 0.15) is 5.75 Å². The lowest BCUT2D eigenvalue weighted by molar-refractivity contribution is -0.114. The van der Waals surface area contributed by atoms with Crippen LogP contribution in [0.1, 0.15) is 6.92 Å². The molecule has 0 aliphatic rings. The molecule has 5 nitrogen and oxygen atoms in total. The number of nitrogens with zero attached hydrogens (tertiary/aromatic N) is 1. The minimum absolute atomic E-state index is 0.154. The Kier molecular flexibility index (Phi) is 3.31. The molecule has 3 rings (SSSR count). The minimum Gasteiger partial charge on any atom is -0.497 e. The van der Waals surface area contributed by atoms with Crippen LogP contribution in [0.2, 0.25) is 0 Å². The van der Waals surface area contributed by atoms with Gasteiger partial charge in [0.25, 0.3) is 0 Å². The van der Waals surface area contributed by atoms with E-state index in [1.165, 1.54) is 6.92 Å². The predicted octanol–water partition coefficient (Wildman–Crippen LogP) is 3.20. The van der Waals surface area contributed by atoms with Crippen molar-refractivity contribution in [2.45, 2.75) is 6.92 Å². The van der Waals surface area contributed by atoms with Crippen LogP contribution in [0.5, 0.6) is 5.75 Å². The second-order valence-electron chi connectivity index (χ2n) is 4.72. The van der Waals surface area contributed by atoms with E-state index < -0.39 is 0 Å². The highest BCUT2D eigenvalue weighted by Gasteiger charge is 2.08. The molecule has 3 aromatic rings. The average Bonchev–Trinajstić information content (AvgIpc) is 2.93. The van der Waals surface area contributed by atoms with Gasteiger partial charge >= 0.3 is 0 Å². The van der Waals surface area contributed by atoms with Gasteiger partial charge in [-0.05, 0) is 22.9 Å². The van der Waals surface area contributed by atoms with Crippen molar-refractivity contribution in [1.29, 1.82) is 0 Å². The summed E-state index contributed by atoms with van der Waals surface area (Å²) in [5, 5.41) is 4.82. The maximum absolute atomic E-state index is 11.1. The van der Waals surface area contributed by atoms with Gasteiger partial charge in [0.05, 0.1) is 19.0 Å². The van der Waals surface area contributed by atoms with Gasteiger partial charge in [-0.25, -0.2) is 4.98 Å². The summed E-state index contributed by atoms with van der Waals surface area (Å²) in [6, 6.07) is 12.0. The highest BCUT2D eigenvalue weighted by molar-refractivity contribution is 5.97. The highest BCUT2D eigenvalue weighted by atomic mass is 16.5. The van der Waals surface area contributed by atoms with Crippen molar-refractivity contribution in [1.82, 2.24) is 9.97 Å². The van der Waals surface area contributed by atoms with Crippen molar-refractivity contribution in [2.75, 3.05) is 12.4 Å². The zero-order valence-corrected chi connectivity index (χ0v) is 11.8. The molecule has 0 spiro atoms. The van der Waals surface area contributed by atoms with E-state index in [9.17, 15) is 4.79 Å². The highest BCUT2D eigenvalue weighted by Crippen LogP contribution is 2.30. The van der Waals surface area contributed by atoms with Crippen LogP contribution in [0, 0.1) is 0 Å². The van der Waals surface area contributed by atoms with Crippen LogP contribution < -0.4 is 10.1 Å². The number of aromatic amines is 1. The Hall–Kier alpha value is -2.82. The number of carbonyl (C=O) groups is 1. The molecule has 0 aliphatic heterocycles. The summed E-state index contributed by atoms with van der Waals surface area (Å²) in [6.45, 7) is 1.45. The topological polar surface area (TPSA) is 67.0 Å². The Morgan fingerprint density at radius 2 is 2.14 bits per heavy atom. The van der Waals surface area contributed by atoms with E-state index in [0.29, 0.717) is 5.95 Å². The Morgan fingerprint density at radius 3 is 2.90 bits per heavy atom. The third-order valence-corrected chi connectivity index (χ3v) is 3.25. The number of rotatable bonds is 3. The van der Waals surface area contributed by atoms with Crippen LogP contribution in [0.4, 0.5) is 5.95 Å². The minimum atomic E-state index is -0.154. The first-order chi connectivity index (χ1) is 10.2. The summed E-state index contributed by atoms with van der Waals surface area (Å²) >= 11 is 0. The molecule has 1 aromatic heterocycles. The van der Waals surface area contributed by atoms with E-state index >= 15 is 0 Å². The number of ether oxygens (including phenoxy) is 1. The fraction of sp³-hybridized carbons (Fsp3) is 0.125. The maximum atomic E-state index is 11.1. The number of aromatic nitrogens is 2. The standard InChI is InChI=1S/C16H15N3O2/c1-10(20)18-16-17-9-15(19-16)14-5-3-4-11-8-12(21-2)6-7-13(11)14/h3-9H,1-2H3,(H2,17,18,19,20). The third kappa shape index (κ3) is 2.58. The summed E-state index contributed by atoms with van der Waals surface area (Å²) in [7, 11) is 1.65. The summed E-state index contributed by atoms with van der Waals surface area (Å²) in [6.07, 6.45) is 1.71. The fourth-order valence-electron chi connectivity index (χ4n) is 2.31. The molecule has 0 saturated carbocycles. The lowest BCUT2D eigenvalue weighted by Gasteiger charge is -2.06. The molecule has 0 unspecified atom stereocenters. The number of nitrogens with one attached hydrogen (secondary N) is 2. The summed E-state index contributed by atoms with van der Waals surface area (Å²) < 4.78 is 5.25. The molecular weight excluding hydrogens is 266 g/mol. The zero-order chi connectivity index (χ0) is 14.8. The number of H-pyrrole nitrogens is 1. The van der Waals surface area contributed by atoms with Gasteiger partial charge < -0.3 is 9.72 Å². The maximum Gasteiger partial charge on any atom is 0.223 e. The smallest absolute Gasteiger partial charge is 0.223 e. The molecule has 21 heavy (non-hydrogen) atoms. The van der Waals surface area contributed by atoms with Gasteiger partial charge in [0.2, 0.25) is 11.9 Å². The predicted molar refractivity (Wildman–Crippen MR) is 82.4 cm³/mol. The SMILES string of the molecule is COc1ccc2c(-c3cnc(NC(C)=O)[nH]3)cccc2c1. The summed E-state index contributed by atoms with van der Waals surface area (Å²) in [5.74, 6) is 1.12. The first-order valence-electron chi connectivity index (χ1n) is 6.57. The van der Waals surface area contributed by atoms with Gasteiger partial charge in [-0.2, -0.15) is 0 Å². The number of carbonyl (C=O) groups excluding carboxylic acids is 1. The van der Waals surface area contributed by atoms with Crippen molar-refractivity contribution in [3.8, 4) is 17.0 Å². The Labute approximate surface area is 122 Å². The van der Waals surface area contributed by atoms with Crippen LogP contribution in [-0.2, 0) is 4.79 Å². The van der Waals surface area contributed by atoms with E-state index in [0.717, 1.165) is 27.8 Å². The van der Waals surface area contributed by atoms with Gasteiger partial charge in [-0.15, -0.1) is 0 Å². The number of fused-ring (bicyclic) bond motifs is 1. The quantitative estimate of drug-likeness (QED) is 0.774. The lowest BCUT2D eigenvalue weighted by atomic mass is 10.0. The van der Waals surface area contributed by atoms with E-state index in [1.54, 1.807) is 13.3 Å². The molecule has 0 fully saturated rings. The number of imidazole rings is 1. The molecule has 0 saturated heterocycles. The Morgan fingerprint density at radius 1 is 1.29 bits per heavy atom. The van der Waals surface area contributed by atoms with Crippen LogP contribution in [0.15, 0.2) is 42.6 Å². The van der Waals surface area contributed by atoms with Gasteiger partial charge in [0.15, 0.2) is 0 Å². The Bertz CT molecular complexity index is 808. The third-order valence-electron chi connectivity index (χ3n) is 3.25. The van der Waals surface area contributed by atoms with Crippen LogP contribution in [-0.4, -0.2) is 23.0 Å². The molecule has 1 amide bonds. The molecule has 0 aliphatic carbocycles. The van der Waals surface area contributed by atoms with Crippen molar-refractivity contribution >= 4 is 22.6 Å². The molecule has 106 valence electrons. The average molecular weight is 281 g/mol. The van der Waals surface area contributed by atoms with Gasteiger partial charge in [-0.1, -0.05) is 24.3 Å². The molecule has 0 radical (unpaired) electrons. The number of benzene rings is 2. The van der Waals surface area contributed by atoms with Crippen molar-refractivity contribution in [2.24, 2.45) is 0 Å². The second kappa shape index (κ2) is 5.28. The molecule has 2 aromatic carbocycles. The number of hydrogen-bond donors (Lipinski definition) is 2. The van der Waals surface area contributed by atoms with Crippen LogP contribution in [0.3, 0.4) is 0 Å². The normalized spacial score (nSPS) is 10.6. The molecule has 1 heterocycles. The first-order valence-corrected chi connectivity index (χ1v) is 6.57. The fourth-order valence-corrected chi connectivity index (χ4v) is 2.31.